The molecule has 23 heavy (non-hydrogen) atoms. The van der Waals surface area contributed by atoms with Gasteiger partial charge in [0, 0.05) is 18.7 Å². The van der Waals surface area contributed by atoms with Crippen molar-refractivity contribution in [2.24, 2.45) is 0 Å². The lowest BCUT2D eigenvalue weighted by atomic mass is 10.4. The van der Waals surface area contributed by atoms with Gasteiger partial charge in [0.2, 0.25) is 21.8 Å². The topological polar surface area (TPSA) is 114 Å². The van der Waals surface area contributed by atoms with Gasteiger partial charge in [-0.1, -0.05) is 11.6 Å². The molecule has 0 radical (unpaired) electrons. The second-order valence-electron chi connectivity index (χ2n) is 4.40. The number of rotatable bonds is 9. The Hall–Kier alpha value is -1.68. The van der Waals surface area contributed by atoms with Crippen LogP contribution in [0.2, 0.25) is 5.02 Å². The van der Waals surface area contributed by atoms with E-state index in [1.54, 1.807) is 0 Å². The van der Waals surface area contributed by atoms with Crippen molar-refractivity contribution in [1.82, 2.24) is 15.4 Å². The molecule has 0 aromatic heterocycles. The highest BCUT2D eigenvalue weighted by molar-refractivity contribution is 7.89. The Morgan fingerprint density at radius 2 is 1.70 bits per heavy atom. The molecule has 1 aromatic carbocycles. The van der Waals surface area contributed by atoms with Crippen molar-refractivity contribution in [2.45, 2.75) is 4.90 Å². The van der Waals surface area contributed by atoms with E-state index in [-0.39, 0.29) is 11.4 Å². The number of halogens is 1. The molecular weight excluding hydrogens is 346 g/mol. The van der Waals surface area contributed by atoms with Gasteiger partial charge >= 0.3 is 0 Å². The van der Waals surface area contributed by atoms with Gasteiger partial charge in [0.05, 0.1) is 24.6 Å². The number of hydrogen-bond acceptors (Lipinski definition) is 5. The van der Waals surface area contributed by atoms with E-state index < -0.39 is 28.4 Å². The van der Waals surface area contributed by atoms with E-state index in [9.17, 15) is 18.0 Å². The van der Waals surface area contributed by atoms with Gasteiger partial charge in [-0.15, -0.1) is 0 Å². The molecule has 1 rings (SSSR count). The van der Waals surface area contributed by atoms with Crippen LogP contribution in [0.5, 0.6) is 0 Å². The van der Waals surface area contributed by atoms with Gasteiger partial charge in [0.15, 0.2) is 0 Å². The van der Waals surface area contributed by atoms with Gasteiger partial charge in [-0.2, -0.15) is 0 Å². The monoisotopic (exact) mass is 363 g/mol. The normalized spacial score (nSPS) is 11.0. The summed E-state index contributed by atoms with van der Waals surface area (Å²) in [5.74, 6) is -1.01. The molecule has 2 amide bonds. The molecule has 0 aliphatic rings. The standard InChI is InChI=1S/C13H18ClN3O5S/c1-22-7-6-15-12(18)8-16-13(19)9-17-23(20,21)11-4-2-10(14)3-5-11/h2-5,17H,6-9H2,1H3,(H,15,18)(H,16,19). The number of carbonyl (C=O) groups is 2. The molecule has 0 atom stereocenters. The molecule has 0 aliphatic heterocycles. The minimum absolute atomic E-state index is 0.00740. The second-order valence-corrected chi connectivity index (χ2v) is 6.60. The quantitative estimate of drug-likeness (QED) is 0.512. The summed E-state index contributed by atoms with van der Waals surface area (Å²) < 4.78 is 30.8. The zero-order valence-corrected chi connectivity index (χ0v) is 14.0. The first kappa shape index (κ1) is 19.4. The number of ether oxygens (including phenoxy) is 1. The number of nitrogens with one attached hydrogen (secondary N) is 3. The molecule has 10 heteroatoms. The van der Waals surface area contributed by atoms with E-state index in [1.807, 2.05) is 0 Å². The molecule has 3 N–H and O–H groups in total. The summed E-state index contributed by atoms with van der Waals surface area (Å²) in [4.78, 5) is 22.9. The Bertz CT molecular complexity index is 634. The fraction of sp³-hybridized carbons (Fsp3) is 0.385. The van der Waals surface area contributed by atoms with Crippen LogP contribution >= 0.6 is 11.6 Å². The van der Waals surface area contributed by atoms with Crippen LogP contribution in [0, 0.1) is 0 Å². The first-order valence-corrected chi connectivity index (χ1v) is 8.49. The van der Waals surface area contributed by atoms with Crippen LogP contribution in [-0.2, 0) is 24.3 Å². The van der Waals surface area contributed by atoms with E-state index in [4.69, 9.17) is 16.3 Å². The molecular formula is C13H18ClN3O5S. The van der Waals surface area contributed by atoms with Crippen molar-refractivity contribution in [3.8, 4) is 0 Å². The molecule has 128 valence electrons. The fourth-order valence-corrected chi connectivity index (χ4v) is 2.56. The predicted molar refractivity (Wildman–Crippen MR) is 84.5 cm³/mol. The number of methoxy groups -OCH3 is 1. The molecule has 0 saturated carbocycles. The van der Waals surface area contributed by atoms with Crippen molar-refractivity contribution in [3.63, 3.8) is 0 Å². The Labute approximate surface area is 139 Å². The predicted octanol–water partition coefficient (Wildman–Crippen LogP) is -0.503. The van der Waals surface area contributed by atoms with Crippen LogP contribution in [0.15, 0.2) is 29.2 Å². The number of amides is 2. The first-order chi connectivity index (χ1) is 10.8. The SMILES string of the molecule is COCCNC(=O)CNC(=O)CNS(=O)(=O)c1ccc(Cl)cc1. The van der Waals surface area contributed by atoms with Gasteiger partial charge in [-0.3, -0.25) is 9.59 Å². The average Bonchev–Trinajstić information content (AvgIpc) is 2.52. The van der Waals surface area contributed by atoms with Crippen LogP contribution in [0.1, 0.15) is 0 Å². The molecule has 0 fully saturated rings. The van der Waals surface area contributed by atoms with Crippen molar-refractivity contribution in [1.29, 1.82) is 0 Å². The maximum Gasteiger partial charge on any atom is 0.241 e. The Kier molecular flexibility index (Phi) is 7.96. The summed E-state index contributed by atoms with van der Waals surface area (Å²) in [6.45, 7) is -0.0312. The minimum Gasteiger partial charge on any atom is -0.383 e. The highest BCUT2D eigenvalue weighted by Gasteiger charge is 2.15. The summed E-state index contributed by atoms with van der Waals surface area (Å²) in [6.07, 6.45) is 0. The summed E-state index contributed by atoms with van der Waals surface area (Å²) in [6, 6.07) is 5.51. The maximum atomic E-state index is 11.9. The summed E-state index contributed by atoms with van der Waals surface area (Å²) in [5, 5.41) is 5.22. The third kappa shape index (κ3) is 7.42. The van der Waals surface area contributed by atoms with E-state index in [0.717, 1.165) is 0 Å². The van der Waals surface area contributed by atoms with Crippen molar-refractivity contribution in [2.75, 3.05) is 33.4 Å². The highest BCUT2D eigenvalue weighted by Crippen LogP contribution is 2.13. The largest absolute Gasteiger partial charge is 0.383 e. The van der Waals surface area contributed by atoms with Gasteiger partial charge < -0.3 is 15.4 Å². The number of sulfonamides is 1. The number of carbonyl (C=O) groups excluding carboxylic acids is 2. The molecule has 0 saturated heterocycles. The summed E-state index contributed by atoms with van der Waals surface area (Å²) in [7, 11) is -2.31. The van der Waals surface area contributed by atoms with E-state index in [1.165, 1.54) is 31.4 Å². The number of benzene rings is 1. The smallest absolute Gasteiger partial charge is 0.241 e. The lowest BCUT2D eigenvalue weighted by molar-refractivity contribution is -0.125. The van der Waals surface area contributed by atoms with Gasteiger partial charge in [0.1, 0.15) is 0 Å². The van der Waals surface area contributed by atoms with Crippen LogP contribution in [0.3, 0.4) is 0 Å². The minimum atomic E-state index is -3.81. The summed E-state index contributed by atoms with van der Waals surface area (Å²) in [5.41, 5.74) is 0. The molecule has 0 bridgehead atoms. The second kappa shape index (κ2) is 9.46. The van der Waals surface area contributed by atoms with Gasteiger partial charge in [-0.25, -0.2) is 13.1 Å². The maximum absolute atomic E-state index is 11.9. The Balaban J connectivity index is 2.37. The van der Waals surface area contributed by atoms with Crippen molar-refractivity contribution < 1.29 is 22.7 Å². The molecule has 1 aromatic rings. The van der Waals surface area contributed by atoms with Crippen LogP contribution < -0.4 is 15.4 Å². The fourth-order valence-electron chi connectivity index (χ4n) is 1.45. The third-order valence-corrected chi connectivity index (χ3v) is 4.29. The van der Waals surface area contributed by atoms with Crippen molar-refractivity contribution in [3.05, 3.63) is 29.3 Å². The van der Waals surface area contributed by atoms with E-state index in [0.29, 0.717) is 18.2 Å². The molecule has 0 spiro atoms. The highest BCUT2D eigenvalue weighted by atomic mass is 35.5. The van der Waals surface area contributed by atoms with Gasteiger partial charge in [-0.05, 0) is 24.3 Å². The Morgan fingerprint density at radius 1 is 1.09 bits per heavy atom. The zero-order chi connectivity index (χ0) is 17.3. The lowest BCUT2D eigenvalue weighted by Gasteiger charge is -2.08. The van der Waals surface area contributed by atoms with E-state index >= 15 is 0 Å². The van der Waals surface area contributed by atoms with Crippen LogP contribution in [0.4, 0.5) is 0 Å². The third-order valence-electron chi connectivity index (χ3n) is 2.62. The molecule has 0 aliphatic carbocycles. The molecule has 0 unspecified atom stereocenters. The Morgan fingerprint density at radius 3 is 2.30 bits per heavy atom. The lowest BCUT2D eigenvalue weighted by Crippen LogP contribution is -2.42. The van der Waals surface area contributed by atoms with Crippen LogP contribution in [0.25, 0.3) is 0 Å². The summed E-state index contributed by atoms with van der Waals surface area (Å²) >= 11 is 5.68. The van der Waals surface area contributed by atoms with E-state index in [2.05, 4.69) is 15.4 Å². The zero-order valence-electron chi connectivity index (χ0n) is 12.5. The molecule has 8 nitrogen and oxygen atoms in total. The number of hydrogen-bond donors (Lipinski definition) is 3. The van der Waals surface area contributed by atoms with Crippen molar-refractivity contribution >= 4 is 33.4 Å². The van der Waals surface area contributed by atoms with Gasteiger partial charge in [0.25, 0.3) is 0 Å². The first-order valence-electron chi connectivity index (χ1n) is 6.62. The molecule has 0 heterocycles. The average molecular weight is 364 g/mol. The van der Waals surface area contributed by atoms with Crippen LogP contribution in [-0.4, -0.2) is 53.6 Å².